The molecule has 0 aliphatic carbocycles. The molecule has 0 saturated carbocycles. The molecule has 1 aromatic carbocycles. The number of sulfone groups is 1. The van der Waals surface area contributed by atoms with Gasteiger partial charge in [0.15, 0.2) is 9.84 Å². The second-order valence-electron chi connectivity index (χ2n) is 6.25. The molecule has 1 aliphatic heterocycles. The zero-order valence-electron chi connectivity index (χ0n) is 14.2. The summed E-state index contributed by atoms with van der Waals surface area (Å²) in [7, 11) is -1.43. The van der Waals surface area contributed by atoms with Gasteiger partial charge in [-0.1, -0.05) is 23.7 Å². The lowest BCUT2D eigenvalue weighted by molar-refractivity contribution is 0.0747. The second kappa shape index (κ2) is 7.59. The van der Waals surface area contributed by atoms with Crippen molar-refractivity contribution in [2.45, 2.75) is 19.0 Å². The summed E-state index contributed by atoms with van der Waals surface area (Å²) in [5.41, 5.74) is 1.36. The molecule has 9 heteroatoms. The summed E-state index contributed by atoms with van der Waals surface area (Å²) in [5.74, 6) is 0.259. The molecule has 1 unspecified atom stereocenters. The van der Waals surface area contributed by atoms with E-state index in [0.29, 0.717) is 29.5 Å². The number of nitrogens with one attached hydrogen (secondary N) is 1. The Labute approximate surface area is 157 Å². The number of carbonyl (C=O) groups excluding carboxylic acids is 1. The number of rotatable bonds is 5. The second-order valence-corrected chi connectivity index (χ2v) is 8.91. The molecule has 26 heavy (non-hydrogen) atoms. The van der Waals surface area contributed by atoms with Crippen LogP contribution in [0.5, 0.6) is 0 Å². The normalized spacial score (nSPS) is 18.5. The van der Waals surface area contributed by atoms with Crippen LogP contribution in [-0.2, 0) is 16.4 Å². The van der Waals surface area contributed by atoms with Gasteiger partial charge in [-0.05, 0) is 24.1 Å². The van der Waals surface area contributed by atoms with Gasteiger partial charge in [-0.2, -0.15) is 0 Å². The molecular weight excluding hydrogens is 376 g/mol. The molecule has 1 saturated heterocycles. The van der Waals surface area contributed by atoms with Gasteiger partial charge in [0.25, 0.3) is 5.91 Å². The van der Waals surface area contributed by atoms with Crippen LogP contribution in [0.25, 0.3) is 0 Å². The van der Waals surface area contributed by atoms with Crippen LogP contribution < -0.4 is 5.32 Å². The smallest absolute Gasteiger partial charge is 0.257 e. The lowest BCUT2D eigenvalue weighted by atomic mass is 10.2. The van der Waals surface area contributed by atoms with Gasteiger partial charge in [0.1, 0.15) is 0 Å². The highest BCUT2D eigenvalue weighted by molar-refractivity contribution is 7.91. The van der Waals surface area contributed by atoms with Gasteiger partial charge in [-0.3, -0.25) is 4.79 Å². The molecule has 1 fully saturated rings. The SMILES string of the molecule is CN(C(=O)c1cnc(NCc2ccc(Cl)cc2)nc1)C1CCS(=O)(=O)C1. The number of carbonyl (C=O) groups is 1. The average Bonchev–Trinajstić information content (AvgIpc) is 3.00. The van der Waals surface area contributed by atoms with Crippen molar-refractivity contribution in [3.63, 3.8) is 0 Å². The highest BCUT2D eigenvalue weighted by atomic mass is 35.5. The minimum Gasteiger partial charge on any atom is -0.350 e. The first kappa shape index (κ1) is 18.6. The Morgan fingerprint density at radius 1 is 1.27 bits per heavy atom. The molecule has 1 aliphatic rings. The molecule has 1 N–H and O–H groups in total. The average molecular weight is 395 g/mol. The molecule has 2 heterocycles. The largest absolute Gasteiger partial charge is 0.350 e. The number of halogens is 1. The summed E-state index contributed by atoms with van der Waals surface area (Å²) in [6.45, 7) is 0.532. The number of anilines is 1. The van der Waals surface area contributed by atoms with Crippen molar-refractivity contribution in [3.8, 4) is 0 Å². The predicted octanol–water partition coefficient (Wildman–Crippen LogP) is 2.00. The highest BCUT2D eigenvalue weighted by Gasteiger charge is 2.33. The molecular formula is C17H19ClN4O3S. The monoisotopic (exact) mass is 394 g/mol. The van der Waals surface area contributed by atoms with E-state index in [1.807, 2.05) is 12.1 Å². The van der Waals surface area contributed by atoms with Gasteiger partial charge in [0.2, 0.25) is 5.95 Å². The van der Waals surface area contributed by atoms with E-state index >= 15 is 0 Å². The van der Waals surface area contributed by atoms with Crippen LogP contribution in [0.15, 0.2) is 36.7 Å². The maximum atomic E-state index is 12.5. The van der Waals surface area contributed by atoms with Gasteiger partial charge >= 0.3 is 0 Å². The molecule has 0 spiro atoms. The summed E-state index contributed by atoms with van der Waals surface area (Å²) >= 11 is 5.85. The Balaban J connectivity index is 1.59. The van der Waals surface area contributed by atoms with Crippen LogP contribution in [0.1, 0.15) is 22.3 Å². The van der Waals surface area contributed by atoms with E-state index in [0.717, 1.165) is 5.56 Å². The Hall–Kier alpha value is -2.19. The van der Waals surface area contributed by atoms with E-state index in [1.165, 1.54) is 17.3 Å². The van der Waals surface area contributed by atoms with Gasteiger partial charge in [-0.15, -0.1) is 0 Å². The minimum atomic E-state index is -3.04. The molecule has 1 atom stereocenters. The van der Waals surface area contributed by atoms with Gasteiger partial charge < -0.3 is 10.2 Å². The summed E-state index contributed by atoms with van der Waals surface area (Å²) in [5, 5.41) is 3.75. The topological polar surface area (TPSA) is 92.3 Å². The van der Waals surface area contributed by atoms with Gasteiger partial charge in [0.05, 0.1) is 17.1 Å². The number of benzene rings is 1. The van der Waals surface area contributed by atoms with Gasteiger partial charge in [-0.25, -0.2) is 18.4 Å². The highest BCUT2D eigenvalue weighted by Crippen LogP contribution is 2.18. The standard InChI is InChI=1S/C17H19ClN4O3S/c1-22(15-6-7-26(24,25)11-15)16(23)13-9-20-17(21-10-13)19-8-12-2-4-14(18)5-3-12/h2-5,9-10,15H,6-8,11H2,1H3,(H,19,20,21). The fraction of sp³-hybridized carbons (Fsp3) is 0.353. The molecule has 1 amide bonds. The fourth-order valence-corrected chi connectivity index (χ4v) is 4.66. The summed E-state index contributed by atoms with van der Waals surface area (Å²) < 4.78 is 23.2. The van der Waals surface area contributed by atoms with E-state index in [2.05, 4.69) is 15.3 Å². The maximum Gasteiger partial charge on any atom is 0.257 e. The van der Waals surface area contributed by atoms with Crippen LogP contribution >= 0.6 is 11.6 Å². The van der Waals surface area contributed by atoms with E-state index in [9.17, 15) is 13.2 Å². The quantitative estimate of drug-likeness (QED) is 0.833. The van der Waals surface area contributed by atoms with Crippen molar-refractivity contribution in [1.29, 1.82) is 0 Å². The number of nitrogens with zero attached hydrogens (tertiary/aromatic N) is 3. The van der Waals surface area contributed by atoms with Crippen LogP contribution in [0, 0.1) is 0 Å². The lowest BCUT2D eigenvalue weighted by Crippen LogP contribution is -2.37. The third kappa shape index (κ3) is 4.50. The van der Waals surface area contributed by atoms with Crippen molar-refractivity contribution < 1.29 is 13.2 Å². The Kier molecular flexibility index (Phi) is 5.43. The predicted molar refractivity (Wildman–Crippen MR) is 100.0 cm³/mol. The van der Waals surface area contributed by atoms with E-state index in [-0.39, 0.29) is 23.5 Å². The Morgan fingerprint density at radius 2 is 1.92 bits per heavy atom. The molecule has 0 bridgehead atoms. The molecule has 0 radical (unpaired) electrons. The zero-order chi connectivity index (χ0) is 18.7. The van der Waals surface area contributed by atoms with E-state index in [1.54, 1.807) is 19.2 Å². The van der Waals surface area contributed by atoms with Crippen LogP contribution in [0.2, 0.25) is 5.02 Å². The lowest BCUT2D eigenvalue weighted by Gasteiger charge is -2.23. The molecule has 7 nitrogen and oxygen atoms in total. The Morgan fingerprint density at radius 3 is 2.50 bits per heavy atom. The van der Waals surface area contributed by atoms with E-state index < -0.39 is 9.84 Å². The maximum absolute atomic E-state index is 12.5. The zero-order valence-corrected chi connectivity index (χ0v) is 15.8. The van der Waals surface area contributed by atoms with Crippen molar-refractivity contribution >= 4 is 33.3 Å². The van der Waals surface area contributed by atoms with Gasteiger partial charge in [0, 0.05) is 37.1 Å². The first-order valence-corrected chi connectivity index (χ1v) is 10.3. The fourth-order valence-electron chi connectivity index (χ4n) is 2.76. The first-order chi connectivity index (χ1) is 12.3. The summed E-state index contributed by atoms with van der Waals surface area (Å²) in [6, 6.07) is 7.12. The van der Waals surface area contributed by atoms with Crippen molar-refractivity contribution in [1.82, 2.24) is 14.9 Å². The minimum absolute atomic E-state index is 0.0107. The molecule has 2 aromatic rings. The third-order valence-electron chi connectivity index (χ3n) is 4.34. The summed E-state index contributed by atoms with van der Waals surface area (Å²) in [6.07, 6.45) is 3.35. The first-order valence-electron chi connectivity index (χ1n) is 8.12. The van der Waals surface area contributed by atoms with Crippen molar-refractivity contribution in [2.24, 2.45) is 0 Å². The number of aromatic nitrogens is 2. The number of hydrogen-bond acceptors (Lipinski definition) is 6. The molecule has 1 aromatic heterocycles. The van der Waals surface area contributed by atoms with Crippen LogP contribution in [0.3, 0.4) is 0 Å². The Bertz CT molecular complexity index is 885. The van der Waals surface area contributed by atoms with Crippen molar-refractivity contribution in [3.05, 3.63) is 52.8 Å². The molecule has 138 valence electrons. The number of amides is 1. The van der Waals surface area contributed by atoms with Crippen LogP contribution in [0.4, 0.5) is 5.95 Å². The molecule has 3 rings (SSSR count). The van der Waals surface area contributed by atoms with Crippen LogP contribution in [-0.4, -0.2) is 53.8 Å². The van der Waals surface area contributed by atoms with Crippen molar-refractivity contribution in [2.75, 3.05) is 23.9 Å². The van der Waals surface area contributed by atoms with E-state index in [4.69, 9.17) is 11.6 Å². The third-order valence-corrected chi connectivity index (χ3v) is 6.34. The number of hydrogen-bond donors (Lipinski definition) is 1. The summed E-state index contributed by atoms with van der Waals surface area (Å²) in [4.78, 5) is 22.3.